The predicted octanol–water partition coefficient (Wildman–Crippen LogP) is 6.58. The van der Waals surface area contributed by atoms with Crippen molar-refractivity contribution < 1.29 is 18.7 Å². The molecule has 0 bridgehead atoms. The number of benzene rings is 3. The van der Waals surface area contributed by atoms with Gasteiger partial charge >= 0.3 is 6.09 Å². The van der Waals surface area contributed by atoms with Gasteiger partial charge in [0.05, 0.1) is 5.56 Å². The summed E-state index contributed by atoms with van der Waals surface area (Å²) in [5.41, 5.74) is 5.70. The van der Waals surface area contributed by atoms with Gasteiger partial charge < -0.3 is 19.9 Å². The second-order valence-electron chi connectivity index (χ2n) is 9.15. The predicted molar refractivity (Wildman–Crippen MR) is 153 cm³/mol. The van der Waals surface area contributed by atoms with E-state index in [4.69, 9.17) is 4.74 Å². The Morgan fingerprint density at radius 1 is 1.13 bits per heavy atom. The van der Waals surface area contributed by atoms with E-state index < -0.39 is 5.82 Å². The Morgan fingerprint density at radius 2 is 1.89 bits per heavy atom. The van der Waals surface area contributed by atoms with E-state index in [-0.39, 0.29) is 18.1 Å². The number of aromatic nitrogens is 1. The highest BCUT2D eigenvalue weighted by Crippen LogP contribution is 2.35. The Labute approximate surface area is 228 Å². The number of rotatable bonds is 8. The first-order valence-electron chi connectivity index (χ1n) is 12.3. The lowest BCUT2D eigenvalue weighted by Gasteiger charge is -2.23. The molecule has 0 radical (unpaired) electrons. The number of carbonyl (C=O) groups excluding carboxylic acids is 2. The molecular weight excluding hydrogens is 521 g/mol. The van der Waals surface area contributed by atoms with E-state index in [0.717, 1.165) is 33.3 Å². The zero-order valence-electron chi connectivity index (χ0n) is 21.1. The molecule has 0 aliphatic carbocycles. The fourth-order valence-electron chi connectivity index (χ4n) is 4.76. The lowest BCUT2D eigenvalue weighted by Crippen LogP contribution is -2.29. The van der Waals surface area contributed by atoms with Gasteiger partial charge in [0.2, 0.25) is 0 Å². The molecule has 4 aromatic rings. The summed E-state index contributed by atoms with van der Waals surface area (Å²) < 4.78 is 20.1. The average Bonchev–Trinajstić information content (AvgIpc) is 3.20. The highest BCUT2D eigenvalue weighted by atomic mass is 33.1. The molecule has 3 aromatic carbocycles. The van der Waals surface area contributed by atoms with Gasteiger partial charge in [-0.05, 0) is 47.1 Å². The Kier molecular flexibility index (Phi) is 7.95. The lowest BCUT2D eigenvalue weighted by molar-refractivity contribution is 0.0767. The molecule has 196 valence electrons. The second-order valence-corrected chi connectivity index (χ2v) is 11.8. The van der Waals surface area contributed by atoms with Crippen molar-refractivity contribution in [3.63, 3.8) is 0 Å². The summed E-state index contributed by atoms with van der Waals surface area (Å²) in [6, 6.07) is 20.4. The molecule has 0 fully saturated rings. The number of H-pyrrole nitrogens is 1. The molecular formula is C29H28FN3O3S2. The van der Waals surface area contributed by atoms with Crippen LogP contribution in [0.4, 0.5) is 9.18 Å². The number of nitrogens with zero attached hydrogens (tertiary/aromatic N) is 1. The summed E-state index contributed by atoms with van der Waals surface area (Å²) in [5, 5.41) is 3.62. The van der Waals surface area contributed by atoms with Crippen LogP contribution in [0.25, 0.3) is 22.2 Å². The first-order chi connectivity index (χ1) is 18.4. The Hall–Kier alpha value is -3.43. The number of ether oxygens (including phenoxy) is 1. The lowest BCUT2D eigenvalue weighted by atomic mass is 9.99. The van der Waals surface area contributed by atoms with Crippen molar-refractivity contribution in [2.75, 3.05) is 25.6 Å². The third-order valence-corrected chi connectivity index (χ3v) is 8.39. The summed E-state index contributed by atoms with van der Waals surface area (Å²) >= 11 is 0. The quantitative estimate of drug-likeness (QED) is 0.243. The van der Waals surface area contributed by atoms with Crippen LogP contribution >= 0.6 is 21.6 Å². The normalized spacial score (nSPS) is 13.6. The molecule has 0 saturated carbocycles. The molecule has 0 spiro atoms. The number of aromatic amines is 1. The van der Waals surface area contributed by atoms with Crippen molar-refractivity contribution in [3.8, 4) is 11.3 Å². The highest BCUT2D eigenvalue weighted by Gasteiger charge is 2.24. The summed E-state index contributed by atoms with van der Waals surface area (Å²) in [5.74, 6) is -0.0414. The van der Waals surface area contributed by atoms with E-state index in [2.05, 4.69) is 10.3 Å². The molecule has 1 atom stereocenters. The number of nitrogens with one attached hydrogen (secondary N) is 2. The van der Waals surface area contributed by atoms with Gasteiger partial charge in [-0.3, -0.25) is 4.79 Å². The Morgan fingerprint density at radius 3 is 2.63 bits per heavy atom. The number of hydrogen-bond acceptors (Lipinski definition) is 5. The fourth-order valence-corrected chi connectivity index (χ4v) is 6.06. The van der Waals surface area contributed by atoms with Crippen molar-refractivity contribution in [1.82, 2.24) is 15.2 Å². The molecule has 1 aliphatic rings. The highest BCUT2D eigenvalue weighted by molar-refractivity contribution is 8.76. The molecule has 9 heteroatoms. The number of amides is 2. The molecule has 1 aliphatic heterocycles. The molecule has 6 nitrogen and oxygen atoms in total. The van der Waals surface area contributed by atoms with Gasteiger partial charge in [0, 0.05) is 42.5 Å². The van der Waals surface area contributed by atoms with Gasteiger partial charge in [0.1, 0.15) is 11.9 Å². The van der Waals surface area contributed by atoms with E-state index >= 15 is 0 Å². The monoisotopic (exact) mass is 549 g/mol. The summed E-state index contributed by atoms with van der Waals surface area (Å²) in [4.78, 5) is 30.3. The summed E-state index contributed by atoms with van der Waals surface area (Å²) in [6.45, 7) is 0.878. The standard InChI is InChI=1S/C29H28FN3O3S2/c1-33(29(35)36-25(17-38-37-2)19-6-4-3-5-7-19)16-18-8-10-20(11-9-18)27-22-12-13-31-28(34)23-14-21(30)15-24(32-27)26(22)23/h3-11,14-15,25,32H,12-13,16-17H2,1-2H3,(H,31,34)/t25-/m1/s1. The maximum absolute atomic E-state index is 14.2. The van der Waals surface area contributed by atoms with Crippen molar-refractivity contribution in [2.45, 2.75) is 19.1 Å². The van der Waals surface area contributed by atoms with Gasteiger partial charge in [-0.15, -0.1) is 0 Å². The van der Waals surface area contributed by atoms with Gasteiger partial charge in [-0.1, -0.05) is 76.2 Å². The van der Waals surface area contributed by atoms with Crippen LogP contribution in [0.3, 0.4) is 0 Å². The Balaban J connectivity index is 1.32. The molecule has 0 saturated heterocycles. The summed E-state index contributed by atoms with van der Waals surface area (Å²) in [6.07, 6.45) is 1.94. The third-order valence-electron chi connectivity index (χ3n) is 6.60. The number of carbonyl (C=O) groups is 2. The maximum Gasteiger partial charge on any atom is 0.410 e. The topological polar surface area (TPSA) is 74.4 Å². The maximum atomic E-state index is 14.2. The van der Waals surface area contributed by atoms with Gasteiger partial charge in [0.15, 0.2) is 0 Å². The molecule has 2 amide bonds. The minimum atomic E-state index is -0.448. The van der Waals surface area contributed by atoms with Crippen LogP contribution in [0, 0.1) is 5.82 Å². The summed E-state index contributed by atoms with van der Waals surface area (Å²) in [7, 11) is 5.02. The molecule has 5 rings (SSSR count). The van der Waals surface area contributed by atoms with Crippen LogP contribution in [0.15, 0.2) is 66.7 Å². The van der Waals surface area contributed by atoms with Crippen molar-refractivity contribution in [1.29, 1.82) is 0 Å². The molecule has 0 unspecified atom stereocenters. The Bertz CT molecular complexity index is 1460. The number of hydrogen-bond donors (Lipinski definition) is 2. The van der Waals surface area contributed by atoms with Gasteiger partial charge in [-0.2, -0.15) is 0 Å². The molecule has 38 heavy (non-hydrogen) atoms. The third kappa shape index (κ3) is 5.54. The first kappa shape index (κ1) is 26.2. The van der Waals surface area contributed by atoms with Crippen LogP contribution in [-0.2, 0) is 17.7 Å². The average molecular weight is 550 g/mol. The van der Waals surface area contributed by atoms with E-state index in [1.807, 2.05) is 60.9 Å². The van der Waals surface area contributed by atoms with E-state index in [1.54, 1.807) is 33.5 Å². The fraction of sp³-hybridized carbons (Fsp3) is 0.241. The zero-order chi connectivity index (χ0) is 26.6. The SMILES string of the molecule is CSSC[C@@H](OC(=O)N(C)Cc1ccc(-c2[nH]c3cc(F)cc4c3c2CCNC4=O)cc1)c1ccccc1. The van der Waals surface area contributed by atoms with Crippen LogP contribution < -0.4 is 5.32 Å². The van der Waals surface area contributed by atoms with Gasteiger partial charge in [0.25, 0.3) is 5.91 Å². The van der Waals surface area contributed by atoms with E-state index in [0.29, 0.717) is 36.3 Å². The minimum Gasteiger partial charge on any atom is -0.440 e. The smallest absolute Gasteiger partial charge is 0.410 e. The second kappa shape index (κ2) is 11.5. The van der Waals surface area contributed by atoms with Crippen molar-refractivity contribution in [3.05, 3.63) is 94.8 Å². The molecule has 2 N–H and O–H groups in total. The number of halogens is 1. The van der Waals surface area contributed by atoms with Crippen LogP contribution in [0.5, 0.6) is 0 Å². The van der Waals surface area contributed by atoms with Crippen LogP contribution in [0.2, 0.25) is 0 Å². The van der Waals surface area contributed by atoms with E-state index in [9.17, 15) is 14.0 Å². The largest absolute Gasteiger partial charge is 0.440 e. The van der Waals surface area contributed by atoms with Crippen molar-refractivity contribution in [2.24, 2.45) is 0 Å². The molecule has 2 heterocycles. The van der Waals surface area contributed by atoms with Gasteiger partial charge in [-0.25, -0.2) is 9.18 Å². The molecule has 1 aromatic heterocycles. The van der Waals surface area contributed by atoms with E-state index in [1.165, 1.54) is 12.1 Å². The zero-order valence-corrected chi connectivity index (χ0v) is 22.8. The minimum absolute atomic E-state index is 0.259. The van der Waals surface area contributed by atoms with Crippen LogP contribution in [-0.4, -0.2) is 47.5 Å². The first-order valence-corrected chi connectivity index (χ1v) is 15.0. The van der Waals surface area contributed by atoms with Crippen molar-refractivity contribution >= 4 is 44.5 Å². The van der Waals surface area contributed by atoms with Crippen LogP contribution in [0.1, 0.15) is 33.2 Å².